The van der Waals surface area contributed by atoms with Crippen molar-refractivity contribution in [1.29, 1.82) is 0 Å². The highest BCUT2D eigenvalue weighted by atomic mass is 19.3. The Morgan fingerprint density at radius 3 is 2.71 bits per heavy atom. The van der Waals surface area contributed by atoms with E-state index in [-0.39, 0.29) is 24.7 Å². The van der Waals surface area contributed by atoms with E-state index in [0.29, 0.717) is 0 Å². The first-order valence-corrected chi connectivity index (χ1v) is 8.85. The van der Waals surface area contributed by atoms with Crippen molar-refractivity contribution in [3.8, 4) is 0 Å². The summed E-state index contributed by atoms with van der Waals surface area (Å²) in [4.78, 5) is 17.4. The van der Waals surface area contributed by atoms with Crippen LogP contribution in [0.5, 0.6) is 0 Å². The third kappa shape index (κ3) is 3.89. The number of halogens is 2. The van der Waals surface area contributed by atoms with Crippen molar-refractivity contribution >= 4 is 11.8 Å². The normalized spacial score (nSPS) is 15.7. The molecule has 1 aromatic heterocycles. The predicted molar refractivity (Wildman–Crippen MR) is 98.2 cm³/mol. The molecular weight excluding hydrogens is 370 g/mol. The second kappa shape index (κ2) is 8.05. The third-order valence-corrected chi connectivity index (χ3v) is 4.87. The molecular formula is C19H22F2N4O3. The number of nitrogens with two attached hydrogens (primary N) is 1. The first-order chi connectivity index (χ1) is 13.4. The van der Waals surface area contributed by atoms with Gasteiger partial charge >= 0.3 is 5.97 Å². The van der Waals surface area contributed by atoms with Gasteiger partial charge in [0.05, 0.1) is 18.6 Å². The summed E-state index contributed by atoms with van der Waals surface area (Å²) in [5, 5.41) is 7.53. The van der Waals surface area contributed by atoms with Crippen LogP contribution in [-0.4, -0.2) is 35.3 Å². The summed E-state index contributed by atoms with van der Waals surface area (Å²) in [6, 6.07) is 8.80. The van der Waals surface area contributed by atoms with Gasteiger partial charge in [-0.3, -0.25) is 4.68 Å². The summed E-state index contributed by atoms with van der Waals surface area (Å²) in [7, 11) is 1.46. The molecule has 0 unspecified atom stereocenters. The smallest absolute Gasteiger partial charge is 0.383 e. The Kier molecular flexibility index (Phi) is 5.73. The molecule has 1 heterocycles. The van der Waals surface area contributed by atoms with Gasteiger partial charge in [-0.2, -0.15) is 5.10 Å². The SMILES string of the molecule is COCCn1nc(C(F)F)cc1C(=O)O/N=C(\N)C1(c2ccccc2C)CC1. The van der Waals surface area contributed by atoms with Gasteiger partial charge in [0.1, 0.15) is 11.4 Å². The van der Waals surface area contributed by atoms with Crippen LogP contribution in [0.4, 0.5) is 8.78 Å². The average Bonchev–Trinajstić information content (AvgIpc) is 3.37. The number of amidine groups is 1. The lowest BCUT2D eigenvalue weighted by Gasteiger charge is -2.16. The molecule has 0 radical (unpaired) electrons. The minimum absolute atomic E-state index is 0.125. The number of aryl methyl sites for hydroxylation is 1. The molecule has 1 fully saturated rings. The molecule has 1 aliphatic rings. The number of ether oxygens (including phenoxy) is 1. The van der Waals surface area contributed by atoms with Crippen LogP contribution in [0.1, 0.15) is 46.6 Å². The Morgan fingerprint density at radius 1 is 1.39 bits per heavy atom. The van der Waals surface area contributed by atoms with Crippen LogP contribution >= 0.6 is 0 Å². The van der Waals surface area contributed by atoms with Crippen LogP contribution in [0.25, 0.3) is 0 Å². The number of benzene rings is 1. The quantitative estimate of drug-likeness (QED) is 0.323. The number of oxime groups is 1. The van der Waals surface area contributed by atoms with Crippen LogP contribution in [0.15, 0.2) is 35.5 Å². The van der Waals surface area contributed by atoms with E-state index in [4.69, 9.17) is 15.3 Å². The Hall–Kier alpha value is -2.81. The first-order valence-electron chi connectivity index (χ1n) is 8.85. The molecule has 1 aromatic carbocycles. The standard InChI is InChI=1S/C19H22F2N4O3/c1-12-5-3-4-6-13(12)19(7-8-19)18(22)24-28-17(26)15-11-14(16(20)21)23-25(15)9-10-27-2/h3-6,11,16H,7-10H2,1-2H3,(H2,22,24). The van der Waals surface area contributed by atoms with Crippen molar-refractivity contribution < 1.29 is 23.1 Å². The van der Waals surface area contributed by atoms with Gasteiger partial charge in [-0.25, -0.2) is 13.6 Å². The third-order valence-electron chi connectivity index (χ3n) is 4.87. The molecule has 2 N–H and O–H groups in total. The summed E-state index contributed by atoms with van der Waals surface area (Å²) in [5.41, 5.74) is 7.14. The Bertz CT molecular complexity index is 891. The maximum absolute atomic E-state index is 12.9. The minimum Gasteiger partial charge on any atom is -0.384 e. The number of methoxy groups -OCH3 is 1. The van der Waals surface area contributed by atoms with E-state index < -0.39 is 23.5 Å². The summed E-state index contributed by atoms with van der Waals surface area (Å²) in [6.07, 6.45) is -1.21. The number of aromatic nitrogens is 2. The molecule has 2 aromatic rings. The number of carbonyl (C=O) groups is 1. The predicted octanol–water partition coefficient (Wildman–Crippen LogP) is 2.94. The monoisotopic (exact) mass is 392 g/mol. The van der Waals surface area contributed by atoms with Crippen molar-refractivity contribution in [3.05, 3.63) is 52.8 Å². The van der Waals surface area contributed by atoms with Gasteiger partial charge in [0, 0.05) is 13.2 Å². The van der Waals surface area contributed by atoms with Crippen LogP contribution in [0.2, 0.25) is 0 Å². The van der Waals surface area contributed by atoms with Gasteiger partial charge in [-0.1, -0.05) is 29.4 Å². The van der Waals surface area contributed by atoms with Crippen molar-refractivity contribution in [2.75, 3.05) is 13.7 Å². The molecule has 0 amide bonds. The fourth-order valence-electron chi connectivity index (χ4n) is 3.18. The van der Waals surface area contributed by atoms with Gasteiger partial charge in [0.2, 0.25) is 0 Å². The first kappa shape index (κ1) is 19.9. The molecule has 9 heteroatoms. The van der Waals surface area contributed by atoms with Crippen LogP contribution in [-0.2, 0) is 21.5 Å². The molecule has 0 atom stereocenters. The van der Waals surface area contributed by atoms with E-state index in [0.717, 1.165) is 34.7 Å². The van der Waals surface area contributed by atoms with Crippen molar-refractivity contribution in [1.82, 2.24) is 9.78 Å². The second-order valence-electron chi connectivity index (χ2n) is 6.72. The van der Waals surface area contributed by atoms with Crippen LogP contribution < -0.4 is 5.73 Å². The lowest BCUT2D eigenvalue weighted by atomic mass is 9.91. The topological polar surface area (TPSA) is 91.7 Å². The summed E-state index contributed by atoms with van der Waals surface area (Å²) in [6.45, 7) is 2.31. The fraction of sp³-hybridized carbons (Fsp3) is 0.421. The van der Waals surface area contributed by atoms with Crippen LogP contribution in [0, 0.1) is 6.92 Å². The lowest BCUT2D eigenvalue weighted by Crippen LogP contribution is -2.30. The van der Waals surface area contributed by atoms with Gasteiger partial charge in [-0.05, 0) is 30.9 Å². The Balaban J connectivity index is 1.79. The highest BCUT2D eigenvalue weighted by Gasteiger charge is 2.49. The lowest BCUT2D eigenvalue weighted by molar-refractivity contribution is 0.0496. The molecule has 3 rings (SSSR count). The average molecular weight is 392 g/mol. The summed E-state index contributed by atoms with van der Waals surface area (Å²) >= 11 is 0. The van der Waals surface area contributed by atoms with Crippen molar-refractivity contribution in [2.24, 2.45) is 10.9 Å². The second-order valence-corrected chi connectivity index (χ2v) is 6.72. The van der Waals surface area contributed by atoms with Gasteiger partial charge < -0.3 is 15.3 Å². The maximum Gasteiger partial charge on any atom is 0.383 e. The molecule has 0 spiro atoms. The molecule has 1 saturated carbocycles. The molecule has 1 aliphatic carbocycles. The van der Waals surface area contributed by atoms with E-state index in [1.165, 1.54) is 7.11 Å². The van der Waals surface area contributed by atoms with Gasteiger partial charge in [0.25, 0.3) is 6.43 Å². The number of hydrogen-bond donors (Lipinski definition) is 1. The number of hydrogen-bond acceptors (Lipinski definition) is 5. The van der Waals surface area contributed by atoms with Crippen LogP contribution in [0.3, 0.4) is 0 Å². The summed E-state index contributed by atoms with van der Waals surface area (Å²) < 4.78 is 31.9. The van der Waals surface area contributed by atoms with E-state index in [1.54, 1.807) is 0 Å². The minimum atomic E-state index is -2.81. The molecule has 0 bridgehead atoms. The highest BCUT2D eigenvalue weighted by Crippen LogP contribution is 2.49. The summed E-state index contributed by atoms with van der Waals surface area (Å²) in [5.74, 6) is -0.716. The largest absolute Gasteiger partial charge is 0.384 e. The number of rotatable bonds is 8. The Morgan fingerprint density at radius 2 is 2.11 bits per heavy atom. The molecule has 7 nitrogen and oxygen atoms in total. The zero-order chi connectivity index (χ0) is 20.3. The van der Waals surface area contributed by atoms with E-state index >= 15 is 0 Å². The molecule has 28 heavy (non-hydrogen) atoms. The number of carbonyl (C=O) groups excluding carboxylic acids is 1. The van der Waals surface area contributed by atoms with E-state index in [2.05, 4.69) is 10.3 Å². The molecule has 150 valence electrons. The number of nitrogens with zero attached hydrogens (tertiary/aromatic N) is 3. The molecule has 0 aliphatic heterocycles. The zero-order valence-corrected chi connectivity index (χ0v) is 15.7. The fourth-order valence-corrected chi connectivity index (χ4v) is 3.18. The van der Waals surface area contributed by atoms with Crippen molar-refractivity contribution in [3.63, 3.8) is 0 Å². The van der Waals surface area contributed by atoms with E-state index in [9.17, 15) is 13.6 Å². The zero-order valence-electron chi connectivity index (χ0n) is 15.7. The molecule has 0 saturated heterocycles. The van der Waals surface area contributed by atoms with Crippen molar-refractivity contribution in [2.45, 2.75) is 38.2 Å². The highest BCUT2D eigenvalue weighted by molar-refractivity contribution is 5.95. The van der Waals surface area contributed by atoms with Gasteiger partial charge in [-0.15, -0.1) is 0 Å². The number of alkyl halides is 2. The van der Waals surface area contributed by atoms with Gasteiger partial charge in [0.15, 0.2) is 5.84 Å². The Labute approximate surface area is 161 Å². The van der Waals surface area contributed by atoms with E-state index in [1.807, 2.05) is 31.2 Å². The maximum atomic E-state index is 12.9.